The van der Waals surface area contributed by atoms with Gasteiger partial charge in [0, 0.05) is 39.7 Å². The molecule has 1 aromatic rings. The lowest BCUT2D eigenvalue weighted by Gasteiger charge is -2.25. The molecule has 0 saturated carbocycles. The van der Waals surface area contributed by atoms with Crippen LogP contribution in [0.3, 0.4) is 0 Å². The monoisotopic (exact) mass is 337 g/mol. The second-order valence-electron chi connectivity index (χ2n) is 5.88. The first-order valence-electron chi connectivity index (χ1n) is 8.17. The zero-order chi connectivity index (χ0) is 17.4. The molecule has 1 aliphatic rings. The van der Waals surface area contributed by atoms with E-state index >= 15 is 0 Å². The summed E-state index contributed by atoms with van der Waals surface area (Å²) in [5, 5.41) is 4.59. The number of carbonyl (C=O) groups excluding carboxylic acids is 2. The van der Waals surface area contributed by atoms with Crippen molar-refractivity contribution in [3.8, 4) is 0 Å². The standard InChI is InChI=1S/C17H24FN3O3/c1-19-17(23)20-16(22)7-8-21(12-15-6-3-9-24-15)11-13-4-2-5-14(18)10-13/h2,4-5,10,15H,3,6-9,11-12H2,1H3,(H2,19,20,22,23)/t15-/m0/s1. The van der Waals surface area contributed by atoms with Crippen LogP contribution >= 0.6 is 0 Å². The summed E-state index contributed by atoms with van der Waals surface area (Å²) in [5.41, 5.74) is 0.847. The Hall–Kier alpha value is -1.99. The van der Waals surface area contributed by atoms with Crippen molar-refractivity contribution in [2.24, 2.45) is 0 Å². The molecular weight excluding hydrogens is 313 g/mol. The molecule has 0 radical (unpaired) electrons. The molecule has 1 aromatic carbocycles. The predicted octanol–water partition coefficient (Wildman–Crippen LogP) is 1.65. The maximum absolute atomic E-state index is 13.4. The highest BCUT2D eigenvalue weighted by Gasteiger charge is 2.20. The lowest BCUT2D eigenvalue weighted by Crippen LogP contribution is -2.40. The molecule has 0 spiro atoms. The highest BCUT2D eigenvalue weighted by molar-refractivity contribution is 5.94. The van der Waals surface area contributed by atoms with Gasteiger partial charge in [-0.05, 0) is 30.5 Å². The van der Waals surface area contributed by atoms with Crippen molar-refractivity contribution in [1.82, 2.24) is 15.5 Å². The lowest BCUT2D eigenvalue weighted by atomic mass is 10.1. The molecule has 6 nitrogen and oxygen atoms in total. The third-order valence-electron chi connectivity index (χ3n) is 3.92. The summed E-state index contributed by atoms with van der Waals surface area (Å²) in [5.74, 6) is -0.618. The van der Waals surface area contributed by atoms with Gasteiger partial charge in [0.05, 0.1) is 6.10 Å². The Morgan fingerprint density at radius 1 is 1.42 bits per heavy atom. The molecule has 1 atom stereocenters. The van der Waals surface area contributed by atoms with E-state index in [2.05, 4.69) is 15.5 Å². The van der Waals surface area contributed by atoms with Crippen LogP contribution in [-0.4, -0.2) is 49.7 Å². The number of nitrogens with one attached hydrogen (secondary N) is 2. The van der Waals surface area contributed by atoms with Gasteiger partial charge in [-0.1, -0.05) is 12.1 Å². The number of ether oxygens (including phenoxy) is 1. The molecule has 1 aliphatic heterocycles. The van der Waals surface area contributed by atoms with Gasteiger partial charge in [0.2, 0.25) is 5.91 Å². The minimum absolute atomic E-state index is 0.139. The van der Waals surface area contributed by atoms with Gasteiger partial charge in [-0.2, -0.15) is 0 Å². The van der Waals surface area contributed by atoms with Crippen LogP contribution in [0.5, 0.6) is 0 Å². The van der Waals surface area contributed by atoms with Crippen molar-refractivity contribution in [3.63, 3.8) is 0 Å². The predicted molar refractivity (Wildman–Crippen MR) is 87.9 cm³/mol. The van der Waals surface area contributed by atoms with Crippen LogP contribution in [0.4, 0.5) is 9.18 Å². The van der Waals surface area contributed by atoms with Crippen LogP contribution in [0.25, 0.3) is 0 Å². The number of hydrogen-bond acceptors (Lipinski definition) is 4. The zero-order valence-electron chi connectivity index (χ0n) is 13.9. The largest absolute Gasteiger partial charge is 0.377 e. The second-order valence-corrected chi connectivity index (χ2v) is 5.88. The van der Waals surface area contributed by atoms with Gasteiger partial charge in [0.25, 0.3) is 0 Å². The summed E-state index contributed by atoms with van der Waals surface area (Å²) in [6, 6.07) is 5.91. The maximum atomic E-state index is 13.4. The van der Waals surface area contributed by atoms with E-state index < -0.39 is 6.03 Å². The van der Waals surface area contributed by atoms with Gasteiger partial charge in [-0.25, -0.2) is 9.18 Å². The fourth-order valence-corrected chi connectivity index (χ4v) is 2.72. The number of hydrogen-bond donors (Lipinski definition) is 2. The molecule has 132 valence electrons. The molecule has 1 fully saturated rings. The quantitative estimate of drug-likeness (QED) is 0.794. The third kappa shape index (κ3) is 6.25. The molecule has 0 aromatic heterocycles. The fourth-order valence-electron chi connectivity index (χ4n) is 2.72. The number of carbonyl (C=O) groups is 2. The molecule has 0 unspecified atom stereocenters. The third-order valence-corrected chi connectivity index (χ3v) is 3.92. The Morgan fingerprint density at radius 3 is 2.92 bits per heavy atom. The lowest BCUT2D eigenvalue weighted by molar-refractivity contribution is -0.120. The minimum Gasteiger partial charge on any atom is -0.377 e. The summed E-state index contributed by atoms with van der Waals surface area (Å²) >= 11 is 0. The molecule has 1 heterocycles. The van der Waals surface area contributed by atoms with Gasteiger partial charge in [0.1, 0.15) is 5.82 Å². The van der Waals surface area contributed by atoms with Crippen molar-refractivity contribution in [2.45, 2.75) is 31.9 Å². The number of halogens is 1. The van der Waals surface area contributed by atoms with Crippen LogP contribution in [-0.2, 0) is 16.1 Å². The molecule has 2 N–H and O–H groups in total. The molecule has 24 heavy (non-hydrogen) atoms. The van der Waals surface area contributed by atoms with E-state index in [1.807, 2.05) is 6.07 Å². The molecule has 3 amide bonds. The average molecular weight is 337 g/mol. The van der Waals surface area contributed by atoms with Crippen LogP contribution in [0.2, 0.25) is 0 Å². The normalized spacial score (nSPS) is 17.0. The van der Waals surface area contributed by atoms with Crippen LogP contribution in [0.1, 0.15) is 24.8 Å². The number of urea groups is 1. The SMILES string of the molecule is CNC(=O)NC(=O)CCN(Cc1cccc(F)c1)C[C@@H]1CCCO1. The molecular formula is C17H24FN3O3. The summed E-state index contributed by atoms with van der Waals surface area (Å²) < 4.78 is 19.0. The number of rotatable bonds is 7. The number of benzene rings is 1. The Kier molecular flexibility index (Phi) is 7.14. The minimum atomic E-state index is -0.518. The first-order chi connectivity index (χ1) is 11.6. The highest BCUT2D eigenvalue weighted by Crippen LogP contribution is 2.15. The maximum Gasteiger partial charge on any atom is 0.321 e. The van der Waals surface area contributed by atoms with Crippen LogP contribution in [0, 0.1) is 5.82 Å². The van der Waals surface area contributed by atoms with Gasteiger partial charge >= 0.3 is 6.03 Å². The Morgan fingerprint density at radius 2 is 2.25 bits per heavy atom. The van der Waals surface area contributed by atoms with E-state index in [9.17, 15) is 14.0 Å². The topological polar surface area (TPSA) is 70.7 Å². The Labute approximate surface area is 141 Å². The molecule has 0 aliphatic carbocycles. The first kappa shape index (κ1) is 18.4. The van der Waals surface area contributed by atoms with Crippen molar-refractivity contribution in [3.05, 3.63) is 35.6 Å². The summed E-state index contributed by atoms with van der Waals surface area (Å²) in [6.07, 6.45) is 2.36. The van der Waals surface area contributed by atoms with Gasteiger partial charge in [-0.15, -0.1) is 0 Å². The second kappa shape index (κ2) is 9.34. The summed E-state index contributed by atoms with van der Waals surface area (Å²) in [7, 11) is 1.45. The molecule has 7 heteroatoms. The van der Waals surface area contributed by atoms with Crippen LogP contribution in [0.15, 0.2) is 24.3 Å². The molecule has 2 rings (SSSR count). The van der Waals surface area contributed by atoms with Gasteiger partial charge in [-0.3, -0.25) is 15.0 Å². The smallest absolute Gasteiger partial charge is 0.321 e. The van der Waals surface area contributed by atoms with E-state index in [4.69, 9.17) is 4.74 Å². The van der Waals surface area contributed by atoms with E-state index in [-0.39, 0.29) is 24.2 Å². The van der Waals surface area contributed by atoms with E-state index in [1.165, 1.54) is 19.2 Å². The summed E-state index contributed by atoms with van der Waals surface area (Å²) in [6.45, 7) is 2.45. The first-order valence-corrected chi connectivity index (χ1v) is 8.17. The Balaban J connectivity index is 1.91. The number of imide groups is 1. The number of nitrogens with zero attached hydrogens (tertiary/aromatic N) is 1. The zero-order valence-corrected chi connectivity index (χ0v) is 13.9. The van der Waals surface area contributed by atoms with Crippen molar-refractivity contribution in [2.75, 3.05) is 26.7 Å². The molecule has 1 saturated heterocycles. The number of amides is 3. The van der Waals surface area contributed by atoms with E-state index in [0.29, 0.717) is 19.6 Å². The van der Waals surface area contributed by atoms with Crippen LogP contribution < -0.4 is 10.6 Å². The summed E-state index contributed by atoms with van der Waals surface area (Å²) in [4.78, 5) is 25.0. The van der Waals surface area contributed by atoms with Crippen molar-refractivity contribution < 1.29 is 18.7 Å². The molecule has 0 bridgehead atoms. The van der Waals surface area contributed by atoms with Crippen molar-refractivity contribution >= 4 is 11.9 Å². The van der Waals surface area contributed by atoms with Gasteiger partial charge in [0.15, 0.2) is 0 Å². The fraction of sp³-hybridized carbons (Fsp3) is 0.529. The van der Waals surface area contributed by atoms with E-state index in [0.717, 1.165) is 25.0 Å². The highest BCUT2D eigenvalue weighted by atomic mass is 19.1. The van der Waals surface area contributed by atoms with E-state index in [1.54, 1.807) is 6.07 Å². The Bertz CT molecular complexity index is 562. The van der Waals surface area contributed by atoms with Gasteiger partial charge < -0.3 is 10.1 Å². The average Bonchev–Trinajstić information content (AvgIpc) is 3.05. The van der Waals surface area contributed by atoms with Crippen molar-refractivity contribution in [1.29, 1.82) is 0 Å².